The molecule has 134 valence electrons. The van der Waals surface area contributed by atoms with Gasteiger partial charge in [-0.25, -0.2) is 14.5 Å². The molecule has 0 radical (unpaired) electrons. The highest BCUT2D eigenvalue weighted by Crippen LogP contribution is 2.08. The molecule has 0 aromatic heterocycles. The number of carbonyl (C=O) groups excluding carboxylic acids is 1. The topological polar surface area (TPSA) is 85.3 Å². The van der Waals surface area contributed by atoms with Gasteiger partial charge in [-0.1, -0.05) is 30.3 Å². The van der Waals surface area contributed by atoms with Gasteiger partial charge in [0.05, 0.1) is 0 Å². The fourth-order valence-corrected chi connectivity index (χ4v) is 2.06. The van der Waals surface area contributed by atoms with E-state index in [2.05, 4.69) is 0 Å². The monoisotopic (exact) mass is 339 g/mol. The molecule has 7 heteroatoms. The molecular formula is C17H25NO6. The maximum atomic E-state index is 11.9. The highest BCUT2D eigenvalue weighted by molar-refractivity contribution is 5.86. The van der Waals surface area contributed by atoms with Crippen LogP contribution in [0.2, 0.25) is 0 Å². The van der Waals surface area contributed by atoms with Crippen molar-refractivity contribution in [2.24, 2.45) is 0 Å². The van der Waals surface area contributed by atoms with E-state index in [4.69, 9.17) is 14.2 Å². The largest absolute Gasteiger partial charge is 0.465 e. The van der Waals surface area contributed by atoms with Gasteiger partial charge in [0.15, 0.2) is 6.29 Å². The second-order valence-corrected chi connectivity index (χ2v) is 4.96. The molecular weight excluding hydrogens is 314 g/mol. The molecule has 24 heavy (non-hydrogen) atoms. The highest BCUT2D eigenvalue weighted by atomic mass is 16.7. The van der Waals surface area contributed by atoms with Crippen LogP contribution in [-0.2, 0) is 20.8 Å². The van der Waals surface area contributed by atoms with Crippen LogP contribution in [0.5, 0.6) is 0 Å². The predicted molar refractivity (Wildman–Crippen MR) is 87.6 cm³/mol. The van der Waals surface area contributed by atoms with Gasteiger partial charge >= 0.3 is 12.2 Å². The van der Waals surface area contributed by atoms with Crippen LogP contribution in [-0.4, -0.2) is 48.2 Å². The van der Waals surface area contributed by atoms with Crippen LogP contribution in [0.25, 0.3) is 0 Å². The van der Waals surface area contributed by atoms with Crippen LogP contribution in [0, 0.1) is 0 Å². The Bertz CT molecular complexity index is 487. The third kappa shape index (κ3) is 7.43. The predicted octanol–water partition coefficient (Wildman–Crippen LogP) is 3.48. The minimum atomic E-state index is -1.34. The summed E-state index contributed by atoms with van der Waals surface area (Å²) in [6.07, 6.45) is -1.68. The number of carboxylic acid groups (broad SMARTS) is 1. The van der Waals surface area contributed by atoms with Gasteiger partial charge < -0.3 is 19.3 Å². The van der Waals surface area contributed by atoms with Crippen molar-refractivity contribution < 1.29 is 28.9 Å². The lowest BCUT2D eigenvalue weighted by atomic mass is 10.2. The van der Waals surface area contributed by atoms with Gasteiger partial charge in [0.25, 0.3) is 0 Å². The lowest BCUT2D eigenvalue weighted by molar-refractivity contribution is -0.140. The van der Waals surface area contributed by atoms with Crippen molar-refractivity contribution in [2.75, 3.05) is 19.8 Å². The van der Waals surface area contributed by atoms with E-state index in [1.165, 1.54) is 0 Å². The van der Waals surface area contributed by atoms with E-state index in [9.17, 15) is 14.7 Å². The normalized spacial score (nSPS) is 10.6. The highest BCUT2D eigenvalue weighted by Gasteiger charge is 2.22. The molecule has 0 aliphatic rings. The molecule has 0 unspecified atom stereocenters. The van der Waals surface area contributed by atoms with Gasteiger partial charge in [-0.05, 0) is 25.8 Å². The van der Waals surface area contributed by atoms with Crippen LogP contribution in [0.4, 0.5) is 9.59 Å². The van der Waals surface area contributed by atoms with Crippen molar-refractivity contribution >= 4 is 12.2 Å². The molecule has 1 aromatic carbocycles. The van der Waals surface area contributed by atoms with E-state index in [0.717, 1.165) is 5.56 Å². The number of benzene rings is 1. The Hall–Kier alpha value is -2.12. The first-order valence-corrected chi connectivity index (χ1v) is 8.02. The number of carbonyl (C=O) groups is 2. The van der Waals surface area contributed by atoms with Gasteiger partial charge in [-0.2, -0.15) is 0 Å². The van der Waals surface area contributed by atoms with Gasteiger partial charge in [-0.15, -0.1) is 0 Å². The number of hydrogen-bond acceptors (Lipinski definition) is 5. The smallest absolute Gasteiger partial charge is 0.419 e. The molecule has 1 rings (SSSR count). The van der Waals surface area contributed by atoms with E-state index >= 15 is 0 Å². The fourth-order valence-electron chi connectivity index (χ4n) is 2.06. The van der Waals surface area contributed by atoms with E-state index in [1.807, 2.05) is 32.0 Å². The lowest BCUT2D eigenvalue weighted by Gasteiger charge is -2.20. The minimum Gasteiger partial charge on any atom is -0.465 e. The van der Waals surface area contributed by atoms with Gasteiger partial charge in [0.2, 0.25) is 0 Å². The van der Waals surface area contributed by atoms with Crippen LogP contribution in [0.15, 0.2) is 30.3 Å². The maximum absolute atomic E-state index is 11.9. The molecule has 0 saturated heterocycles. The quantitative estimate of drug-likeness (QED) is 0.657. The zero-order valence-corrected chi connectivity index (χ0v) is 14.1. The molecule has 0 atom stereocenters. The molecule has 7 nitrogen and oxygen atoms in total. The van der Waals surface area contributed by atoms with Crippen LogP contribution >= 0.6 is 0 Å². The van der Waals surface area contributed by atoms with Crippen molar-refractivity contribution in [1.82, 2.24) is 4.90 Å². The summed E-state index contributed by atoms with van der Waals surface area (Å²) in [7, 11) is 0. The standard InChI is InChI=1S/C17H25NO6/c1-3-22-15(23-4-2)11-8-12-18(16(19)20)17(21)24-13-14-9-6-5-7-10-14/h5-7,9-10,15H,3-4,8,11-13H2,1-2H3,(H,19,20). The number of rotatable bonds is 10. The Morgan fingerprint density at radius 2 is 1.75 bits per heavy atom. The SMILES string of the molecule is CCOC(CCCN(C(=O)O)C(=O)OCc1ccccc1)OCC. The minimum absolute atomic E-state index is 0.0274. The Morgan fingerprint density at radius 1 is 1.12 bits per heavy atom. The molecule has 0 fully saturated rings. The van der Waals surface area contributed by atoms with Crippen LogP contribution in [0.3, 0.4) is 0 Å². The Kier molecular flexibility index (Phi) is 9.48. The summed E-state index contributed by atoms with van der Waals surface area (Å²) >= 11 is 0. The number of imide groups is 1. The fraction of sp³-hybridized carbons (Fsp3) is 0.529. The second kappa shape index (κ2) is 11.4. The molecule has 1 N–H and O–H groups in total. The van der Waals surface area contributed by atoms with Gasteiger partial charge in [0, 0.05) is 26.2 Å². The summed E-state index contributed by atoms with van der Waals surface area (Å²) < 4.78 is 15.8. The average molecular weight is 339 g/mol. The van der Waals surface area contributed by atoms with E-state index < -0.39 is 18.5 Å². The number of hydrogen-bond donors (Lipinski definition) is 1. The Morgan fingerprint density at radius 3 is 2.29 bits per heavy atom. The summed E-state index contributed by atoms with van der Waals surface area (Å²) in [4.78, 5) is 23.9. The molecule has 0 bridgehead atoms. The number of ether oxygens (including phenoxy) is 3. The summed E-state index contributed by atoms with van der Waals surface area (Å²) in [6.45, 7) is 4.79. The summed E-state index contributed by atoms with van der Waals surface area (Å²) in [5.74, 6) is 0. The van der Waals surface area contributed by atoms with Crippen molar-refractivity contribution in [1.29, 1.82) is 0 Å². The van der Waals surface area contributed by atoms with E-state index in [1.54, 1.807) is 12.1 Å². The molecule has 0 aliphatic heterocycles. The Labute approximate surface area is 142 Å². The summed E-state index contributed by atoms with van der Waals surface area (Å²) in [6, 6.07) is 9.09. The molecule has 0 spiro atoms. The number of nitrogens with zero attached hydrogens (tertiary/aromatic N) is 1. The summed E-state index contributed by atoms with van der Waals surface area (Å²) in [5, 5.41) is 9.18. The first-order valence-electron chi connectivity index (χ1n) is 8.02. The van der Waals surface area contributed by atoms with E-state index in [0.29, 0.717) is 31.0 Å². The van der Waals surface area contributed by atoms with Gasteiger partial charge in [-0.3, -0.25) is 0 Å². The van der Waals surface area contributed by atoms with Crippen molar-refractivity contribution in [3.8, 4) is 0 Å². The zero-order chi connectivity index (χ0) is 17.8. The van der Waals surface area contributed by atoms with Crippen LogP contribution < -0.4 is 0 Å². The average Bonchev–Trinajstić information content (AvgIpc) is 2.57. The first kappa shape index (κ1) is 19.9. The number of amides is 2. The molecule has 0 saturated carbocycles. The Balaban J connectivity index is 2.44. The molecule has 0 aliphatic carbocycles. The molecule has 2 amide bonds. The third-order valence-corrected chi connectivity index (χ3v) is 3.18. The van der Waals surface area contributed by atoms with E-state index in [-0.39, 0.29) is 13.2 Å². The van der Waals surface area contributed by atoms with Crippen molar-refractivity contribution in [3.05, 3.63) is 35.9 Å². The zero-order valence-electron chi connectivity index (χ0n) is 14.1. The second-order valence-electron chi connectivity index (χ2n) is 4.96. The summed E-state index contributed by atoms with van der Waals surface area (Å²) in [5.41, 5.74) is 0.795. The first-order chi connectivity index (χ1) is 11.6. The lowest BCUT2D eigenvalue weighted by Crippen LogP contribution is -2.37. The third-order valence-electron chi connectivity index (χ3n) is 3.18. The van der Waals surface area contributed by atoms with Gasteiger partial charge in [0.1, 0.15) is 6.61 Å². The molecule has 1 aromatic rings. The van der Waals surface area contributed by atoms with Crippen molar-refractivity contribution in [2.45, 2.75) is 39.6 Å². The maximum Gasteiger partial charge on any atom is 0.419 e. The molecule has 0 heterocycles. The van der Waals surface area contributed by atoms with Crippen LogP contribution in [0.1, 0.15) is 32.3 Å². The van der Waals surface area contributed by atoms with Crippen molar-refractivity contribution in [3.63, 3.8) is 0 Å².